The van der Waals surface area contributed by atoms with E-state index in [2.05, 4.69) is 0 Å². The molecule has 1 saturated carbocycles. The summed E-state index contributed by atoms with van der Waals surface area (Å²) in [7, 11) is 0. The predicted octanol–water partition coefficient (Wildman–Crippen LogP) is 3.13. The highest BCUT2D eigenvalue weighted by atomic mass is 35.5. The first-order valence-electron chi connectivity index (χ1n) is 5.25. The molecule has 1 aromatic carbocycles. The number of rotatable bonds is 3. The zero-order chi connectivity index (χ0) is 11.7. The van der Waals surface area contributed by atoms with Crippen LogP contribution in [0.15, 0.2) is 18.2 Å². The van der Waals surface area contributed by atoms with E-state index in [1.54, 1.807) is 12.1 Å². The zero-order valence-electron chi connectivity index (χ0n) is 8.62. The second kappa shape index (κ2) is 4.42. The molecular weight excluding hydrogens is 231 g/mol. The van der Waals surface area contributed by atoms with E-state index < -0.39 is 11.8 Å². The van der Waals surface area contributed by atoms with Crippen LogP contribution in [0.2, 0.25) is 5.02 Å². The Balaban J connectivity index is 2.10. The molecule has 2 atom stereocenters. The van der Waals surface area contributed by atoms with Crippen molar-refractivity contribution in [1.82, 2.24) is 0 Å². The van der Waals surface area contributed by atoms with Gasteiger partial charge in [-0.05, 0) is 36.8 Å². The third kappa shape index (κ3) is 2.05. The van der Waals surface area contributed by atoms with Gasteiger partial charge in [-0.2, -0.15) is 0 Å². The van der Waals surface area contributed by atoms with Gasteiger partial charge in [0.25, 0.3) is 0 Å². The molecule has 0 heterocycles. The fourth-order valence-electron chi connectivity index (χ4n) is 2.13. The van der Waals surface area contributed by atoms with Crippen LogP contribution < -0.4 is 0 Å². The standard InChI is InChI=1S/C12H12ClFO2/c13-11-8(2-1-3-10(11)14)6-7-4-5-9(7)12(15)16/h1-3,7,9H,4-6H2,(H,15,16). The first-order chi connectivity index (χ1) is 7.59. The lowest BCUT2D eigenvalue weighted by Crippen LogP contribution is -2.34. The molecule has 2 unspecified atom stereocenters. The third-order valence-electron chi connectivity index (χ3n) is 3.25. The number of aliphatic carboxylic acids is 1. The van der Waals surface area contributed by atoms with Gasteiger partial charge in [-0.1, -0.05) is 23.7 Å². The molecule has 1 aliphatic carbocycles. The average Bonchev–Trinajstić information content (AvgIpc) is 2.17. The monoisotopic (exact) mass is 242 g/mol. The van der Waals surface area contributed by atoms with E-state index in [-0.39, 0.29) is 16.9 Å². The Kier molecular flexibility index (Phi) is 3.15. The van der Waals surface area contributed by atoms with E-state index in [9.17, 15) is 9.18 Å². The Morgan fingerprint density at radius 3 is 2.81 bits per heavy atom. The molecular formula is C12H12ClFO2. The molecule has 2 rings (SSSR count). The SMILES string of the molecule is O=C(O)C1CCC1Cc1cccc(F)c1Cl. The van der Waals surface area contributed by atoms with Crippen LogP contribution in [0.1, 0.15) is 18.4 Å². The molecule has 0 radical (unpaired) electrons. The number of carboxylic acid groups (broad SMARTS) is 1. The van der Waals surface area contributed by atoms with Gasteiger partial charge in [0.2, 0.25) is 0 Å². The first kappa shape index (κ1) is 11.4. The Labute approximate surface area is 98.0 Å². The Bertz CT molecular complexity index is 419. The Morgan fingerprint density at radius 2 is 2.25 bits per heavy atom. The van der Waals surface area contributed by atoms with E-state index in [1.165, 1.54) is 6.07 Å². The second-order valence-corrected chi connectivity index (χ2v) is 4.58. The summed E-state index contributed by atoms with van der Waals surface area (Å²) in [6.45, 7) is 0. The van der Waals surface area contributed by atoms with Gasteiger partial charge in [-0.3, -0.25) is 4.79 Å². The van der Waals surface area contributed by atoms with E-state index in [0.29, 0.717) is 18.4 Å². The maximum absolute atomic E-state index is 13.2. The van der Waals surface area contributed by atoms with Gasteiger partial charge in [0.15, 0.2) is 0 Å². The average molecular weight is 243 g/mol. The molecule has 1 N–H and O–H groups in total. The van der Waals surface area contributed by atoms with Crippen molar-refractivity contribution >= 4 is 17.6 Å². The molecule has 16 heavy (non-hydrogen) atoms. The lowest BCUT2D eigenvalue weighted by atomic mass is 9.71. The fraction of sp³-hybridized carbons (Fsp3) is 0.417. The summed E-state index contributed by atoms with van der Waals surface area (Å²) >= 11 is 5.82. The van der Waals surface area contributed by atoms with Gasteiger partial charge in [-0.25, -0.2) is 4.39 Å². The van der Waals surface area contributed by atoms with Crippen LogP contribution in [0.4, 0.5) is 4.39 Å². The highest BCUT2D eigenvalue weighted by Gasteiger charge is 2.36. The Morgan fingerprint density at radius 1 is 1.50 bits per heavy atom. The predicted molar refractivity (Wildman–Crippen MR) is 59.0 cm³/mol. The van der Waals surface area contributed by atoms with E-state index in [4.69, 9.17) is 16.7 Å². The molecule has 4 heteroatoms. The molecule has 2 nitrogen and oxygen atoms in total. The van der Waals surface area contributed by atoms with Crippen molar-refractivity contribution < 1.29 is 14.3 Å². The summed E-state index contributed by atoms with van der Waals surface area (Å²) in [6, 6.07) is 4.66. The quantitative estimate of drug-likeness (QED) is 0.884. The van der Waals surface area contributed by atoms with Gasteiger partial charge < -0.3 is 5.11 Å². The third-order valence-corrected chi connectivity index (χ3v) is 3.67. The number of benzene rings is 1. The maximum atomic E-state index is 13.2. The van der Waals surface area contributed by atoms with Crippen molar-refractivity contribution in [3.8, 4) is 0 Å². The van der Waals surface area contributed by atoms with Gasteiger partial charge in [0.1, 0.15) is 5.82 Å². The van der Waals surface area contributed by atoms with Crippen LogP contribution in [0.5, 0.6) is 0 Å². The van der Waals surface area contributed by atoms with Crippen molar-refractivity contribution in [3.05, 3.63) is 34.6 Å². The Hall–Kier alpha value is -1.09. The molecule has 0 aromatic heterocycles. The van der Waals surface area contributed by atoms with Crippen molar-refractivity contribution in [1.29, 1.82) is 0 Å². The van der Waals surface area contributed by atoms with Crippen LogP contribution in [-0.4, -0.2) is 11.1 Å². The summed E-state index contributed by atoms with van der Waals surface area (Å²) in [5.41, 5.74) is 0.706. The molecule has 86 valence electrons. The highest BCUT2D eigenvalue weighted by molar-refractivity contribution is 6.31. The van der Waals surface area contributed by atoms with Crippen LogP contribution in [0, 0.1) is 17.7 Å². The number of halogens is 2. The van der Waals surface area contributed by atoms with Crippen molar-refractivity contribution in [2.24, 2.45) is 11.8 Å². The topological polar surface area (TPSA) is 37.3 Å². The number of hydrogen-bond acceptors (Lipinski definition) is 1. The second-order valence-electron chi connectivity index (χ2n) is 4.20. The van der Waals surface area contributed by atoms with E-state index in [0.717, 1.165) is 6.42 Å². The summed E-state index contributed by atoms with van der Waals surface area (Å²) in [6.07, 6.45) is 2.14. The molecule has 0 bridgehead atoms. The lowest BCUT2D eigenvalue weighted by molar-refractivity contribution is -0.147. The fourth-order valence-corrected chi connectivity index (χ4v) is 2.33. The minimum atomic E-state index is -0.760. The molecule has 1 fully saturated rings. The zero-order valence-corrected chi connectivity index (χ0v) is 9.38. The minimum Gasteiger partial charge on any atom is -0.481 e. The molecule has 1 aliphatic rings. The molecule has 0 amide bonds. The summed E-state index contributed by atoms with van der Waals surface area (Å²) in [5.74, 6) is -1.40. The molecule has 0 saturated heterocycles. The maximum Gasteiger partial charge on any atom is 0.306 e. The van der Waals surface area contributed by atoms with Gasteiger partial charge >= 0.3 is 5.97 Å². The van der Waals surface area contributed by atoms with Crippen LogP contribution in [0.3, 0.4) is 0 Å². The number of hydrogen-bond donors (Lipinski definition) is 1. The minimum absolute atomic E-state index is 0.0943. The normalized spacial score (nSPS) is 23.9. The summed E-state index contributed by atoms with van der Waals surface area (Å²) in [5, 5.41) is 9.02. The van der Waals surface area contributed by atoms with Crippen molar-refractivity contribution in [2.45, 2.75) is 19.3 Å². The van der Waals surface area contributed by atoms with Gasteiger partial charge in [-0.15, -0.1) is 0 Å². The van der Waals surface area contributed by atoms with Crippen molar-refractivity contribution in [2.75, 3.05) is 0 Å². The van der Waals surface area contributed by atoms with Crippen LogP contribution in [0.25, 0.3) is 0 Å². The molecule has 0 aliphatic heterocycles. The first-order valence-corrected chi connectivity index (χ1v) is 5.63. The van der Waals surface area contributed by atoms with E-state index in [1.807, 2.05) is 0 Å². The van der Waals surface area contributed by atoms with Crippen molar-refractivity contribution in [3.63, 3.8) is 0 Å². The summed E-state index contributed by atoms with van der Waals surface area (Å²) < 4.78 is 13.2. The van der Waals surface area contributed by atoms with Gasteiger partial charge in [0.05, 0.1) is 10.9 Å². The highest BCUT2D eigenvalue weighted by Crippen LogP contribution is 2.38. The molecule has 0 spiro atoms. The number of carboxylic acids is 1. The lowest BCUT2D eigenvalue weighted by Gasteiger charge is -2.33. The van der Waals surface area contributed by atoms with E-state index >= 15 is 0 Å². The molecule has 1 aromatic rings. The van der Waals surface area contributed by atoms with Crippen LogP contribution >= 0.6 is 11.6 Å². The summed E-state index contributed by atoms with van der Waals surface area (Å²) in [4.78, 5) is 10.8. The smallest absolute Gasteiger partial charge is 0.306 e. The van der Waals surface area contributed by atoms with Gasteiger partial charge in [0, 0.05) is 0 Å². The number of carbonyl (C=O) groups is 1. The largest absolute Gasteiger partial charge is 0.481 e. The van der Waals surface area contributed by atoms with Crippen LogP contribution in [-0.2, 0) is 11.2 Å².